The molecule has 1 rings (SSSR count). The largest absolute Gasteiger partial charge is 0.329 e. The third kappa shape index (κ3) is 2.57. The van der Waals surface area contributed by atoms with E-state index >= 15 is 0 Å². The van der Waals surface area contributed by atoms with Gasteiger partial charge in [0.15, 0.2) is 0 Å². The van der Waals surface area contributed by atoms with Crippen LogP contribution in [0.1, 0.15) is 10.6 Å². The van der Waals surface area contributed by atoms with E-state index in [1.165, 1.54) is 4.88 Å². The zero-order valence-electron chi connectivity index (χ0n) is 6.63. The molecule has 1 aromatic heterocycles. The summed E-state index contributed by atoms with van der Waals surface area (Å²) in [4.78, 5) is 5.45. The number of thiazole rings is 1. The van der Waals surface area contributed by atoms with Gasteiger partial charge in [0, 0.05) is 24.5 Å². The lowest BCUT2D eigenvalue weighted by molar-refractivity contribution is 0.698. The molecule has 0 bridgehead atoms. The fourth-order valence-corrected chi connectivity index (χ4v) is 1.55. The fourth-order valence-electron chi connectivity index (χ4n) is 0.800. The van der Waals surface area contributed by atoms with Crippen LogP contribution in [-0.4, -0.2) is 18.1 Å². The third-order valence-corrected chi connectivity index (χ3v) is 2.39. The highest BCUT2D eigenvalue weighted by Gasteiger charge is 1.98. The maximum atomic E-state index is 5.33. The Balaban J connectivity index is 2.32. The van der Waals surface area contributed by atoms with Crippen molar-refractivity contribution >= 4 is 11.3 Å². The Hall–Kier alpha value is -0.450. The normalized spacial score (nSPS) is 10.4. The topological polar surface area (TPSA) is 50.9 Å². The van der Waals surface area contributed by atoms with Crippen molar-refractivity contribution in [2.45, 2.75) is 13.5 Å². The van der Waals surface area contributed by atoms with Gasteiger partial charge in [0.25, 0.3) is 0 Å². The lowest BCUT2D eigenvalue weighted by atomic mass is 10.4. The highest BCUT2D eigenvalue weighted by atomic mass is 32.1. The van der Waals surface area contributed by atoms with Crippen molar-refractivity contribution in [2.75, 3.05) is 13.1 Å². The van der Waals surface area contributed by atoms with Crippen molar-refractivity contribution in [1.29, 1.82) is 0 Å². The van der Waals surface area contributed by atoms with Crippen molar-refractivity contribution in [3.63, 3.8) is 0 Å². The molecule has 0 saturated carbocycles. The van der Waals surface area contributed by atoms with Crippen LogP contribution < -0.4 is 11.1 Å². The Kier molecular flexibility index (Phi) is 3.48. The molecule has 3 N–H and O–H groups in total. The van der Waals surface area contributed by atoms with E-state index in [-0.39, 0.29) is 0 Å². The Labute approximate surface area is 70.6 Å². The van der Waals surface area contributed by atoms with Gasteiger partial charge in [0.2, 0.25) is 0 Å². The highest BCUT2D eigenvalue weighted by molar-refractivity contribution is 7.09. The van der Waals surface area contributed by atoms with Crippen molar-refractivity contribution < 1.29 is 0 Å². The van der Waals surface area contributed by atoms with Gasteiger partial charge < -0.3 is 11.1 Å². The van der Waals surface area contributed by atoms with Gasteiger partial charge in [-0.3, -0.25) is 0 Å². The van der Waals surface area contributed by atoms with Crippen LogP contribution in [0, 0.1) is 6.92 Å². The summed E-state index contributed by atoms with van der Waals surface area (Å²) in [7, 11) is 0. The molecule has 0 aromatic carbocycles. The summed E-state index contributed by atoms with van der Waals surface area (Å²) >= 11 is 1.69. The summed E-state index contributed by atoms with van der Waals surface area (Å²) in [6.45, 7) is 4.48. The predicted octanol–water partition coefficient (Wildman–Crippen LogP) is 0.500. The summed E-state index contributed by atoms with van der Waals surface area (Å²) in [6.07, 6.45) is 0. The van der Waals surface area contributed by atoms with Crippen molar-refractivity contribution in [2.24, 2.45) is 5.73 Å². The smallest absolute Gasteiger partial charge is 0.0798 e. The molecule has 1 heterocycles. The molecule has 0 aliphatic rings. The highest BCUT2D eigenvalue weighted by Crippen LogP contribution is 2.10. The van der Waals surface area contributed by atoms with Gasteiger partial charge in [-0.2, -0.15) is 0 Å². The zero-order valence-corrected chi connectivity index (χ0v) is 7.45. The lowest BCUT2D eigenvalue weighted by Crippen LogP contribution is -2.21. The summed E-state index contributed by atoms with van der Waals surface area (Å²) in [5.74, 6) is 0. The number of nitrogens with two attached hydrogens (primary N) is 1. The average Bonchev–Trinajstić information content (AvgIpc) is 2.37. The van der Waals surface area contributed by atoms with Crippen LogP contribution >= 0.6 is 11.3 Å². The van der Waals surface area contributed by atoms with E-state index in [1.807, 2.05) is 12.4 Å². The molecule has 0 unspecified atom stereocenters. The number of hydrogen-bond acceptors (Lipinski definition) is 4. The van der Waals surface area contributed by atoms with Crippen LogP contribution in [-0.2, 0) is 6.54 Å². The number of nitrogens with zero attached hydrogens (tertiary/aromatic N) is 1. The average molecular weight is 171 g/mol. The van der Waals surface area contributed by atoms with Crippen LogP contribution in [0.5, 0.6) is 0 Å². The fraction of sp³-hybridized carbons (Fsp3) is 0.571. The maximum absolute atomic E-state index is 5.33. The standard InChI is InChI=1S/C7H13N3S/c1-6-7(11-5-10-6)4-9-3-2-8/h5,9H,2-4,8H2,1H3. The van der Waals surface area contributed by atoms with E-state index in [1.54, 1.807) is 11.3 Å². The molecule has 0 aliphatic carbocycles. The Bertz CT molecular complexity index is 209. The van der Waals surface area contributed by atoms with Gasteiger partial charge in [0.1, 0.15) is 0 Å². The molecular weight excluding hydrogens is 158 g/mol. The quantitative estimate of drug-likeness (QED) is 0.649. The van der Waals surface area contributed by atoms with Gasteiger partial charge in [-0.05, 0) is 6.92 Å². The van der Waals surface area contributed by atoms with Crippen LogP contribution in [0.3, 0.4) is 0 Å². The van der Waals surface area contributed by atoms with Gasteiger partial charge in [0.05, 0.1) is 11.2 Å². The Morgan fingerprint density at radius 1 is 1.73 bits per heavy atom. The number of nitrogens with one attached hydrogen (secondary N) is 1. The molecule has 1 aromatic rings. The Morgan fingerprint density at radius 3 is 3.09 bits per heavy atom. The summed E-state index contributed by atoms with van der Waals surface area (Å²) < 4.78 is 0. The second kappa shape index (κ2) is 4.43. The molecule has 4 heteroatoms. The maximum Gasteiger partial charge on any atom is 0.0798 e. The first kappa shape index (κ1) is 8.64. The molecule has 0 fully saturated rings. The summed E-state index contributed by atoms with van der Waals surface area (Å²) in [5.41, 5.74) is 8.33. The van der Waals surface area contributed by atoms with E-state index < -0.39 is 0 Å². The molecule has 3 nitrogen and oxygen atoms in total. The third-order valence-electron chi connectivity index (χ3n) is 1.45. The first-order chi connectivity index (χ1) is 5.34. The van der Waals surface area contributed by atoms with Gasteiger partial charge in [-0.15, -0.1) is 11.3 Å². The monoisotopic (exact) mass is 171 g/mol. The number of hydrogen-bond donors (Lipinski definition) is 2. The molecule has 11 heavy (non-hydrogen) atoms. The van der Waals surface area contributed by atoms with Crippen LogP contribution in [0.4, 0.5) is 0 Å². The summed E-state index contributed by atoms with van der Waals surface area (Å²) in [5, 5.41) is 3.22. The van der Waals surface area contributed by atoms with Gasteiger partial charge in [-0.25, -0.2) is 4.98 Å². The summed E-state index contributed by atoms with van der Waals surface area (Å²) in [6, 6.07) is 0. The van der Waals surface area contributed by atoms with Crippen molar-refractivity contribution in [3.8, 4) is 0 Å². The number of aryl methyl sites for hydroxylation is 1. The van der Waals surface area contributed by atoms with Crippen LogP contribution in [0.2, 0.25) is 0 Å². The number of rotatable bonds is 4. The van der Waals surface area contributed by atoms with Gasteiger partial charge >= 0.3 is 0 Å². The SMILES string of the molecule is Cc1ncsc1CNCCN. The van der Waals surface area contributed by atoms with E-state index in [0.29, 0.717) is 6.54 Å². The molecule has 0 aliphatic heterocycles. The second-order valence-corrected chi connectivity index (χ2v) is 3.27. The molecule has 0 spiro atoms. The first-order valence-electron chi connectivity index (χ1n) is 3.64. The molecule has 0 atom stereocenters. The molecular formula is C7H13N3S. The number of aromatic nitrogens is 1. The molecule has 0 radical (unpaired) electrons. The molecule has 62 valence electrons. The first-order valence-corrected chi connectivity index (χ1v) is 4.52. The van der Waals surface area contributed by atoms with Crippen LogP contribution in [0.25, 0.3) is 0 Å². The van der Waals surface area contributed by atoms with E-state index in [0.717, 1.165) is 18.8 Å². The minimum absolute atomic E-state index is 0.692. The minimum Gasteiger partial charge on any atom is -0.329 e. The van der Waals surface area contributed by atoms with E-state index in [4.69, 9.17) is 5.73 Å². The van der Waals surface area contributed by atoms with Crippen molar-refractivity contribution in [3.05, 3.63) is 16.1 Å². The van der Waals surface area contributed by atoms with Gasteiger partial charge in [-0.1, -0.05) is 0 Å². The van der Waals surface area contributed by atoms with E-state index in [2.05, 4.69) is 10.3 Å². The molecule has 0 saturated heterocycles. The van der Waals surface area contributed by atoms with E-state index in [9.17, 15) is 0 Å². The Morgan fingerprint density at radius 2 is 2.55 bits per heavy atom. The van der Waals surface area contributed by atoms with Crippen molar-refractivity contribution in [1.82, 2.24) is 10.3 Å². The van der Waals surface area contributed by atoms with Crippen LogP contribution in [0.15, 0.2) is 5.51 Å². The zero-order chi connectivity index (χ0) is 8.10. The second-order valence-electron chi connectivity index (χ2n) is 2.33. The predicted molar refractivity (Wildman–Crippen MR) is 47.6 cm³/mol. The molecule has 0 amide bonds. The minimum atomic E-state index is 0.692. The lowest BCUT2D eigenvalue weighted by Gasteiger charge is -1.99.